The van der Waals surface area contributed by atoms with Gasteiger partial charge in [-0.3, -0.25) is 4.68 Å². The summed E-state index contributed by atoms with van der Waals surface area (Å²) in [7, 11) is 1.65. The molecule has 0 unspecified atom stereocenters. The second-order valence-corrected chi connectivity index (χ2v) is 5.73. The average Bonchev–Trinajstić information content (AvgIpc) is 3.07. The summed E-state index contributed by atoms with van der Waals surface area (Å²) in [6, 6.07) is 7.79. The van der Waals surface area contributed by atoms with Crippen LogP contribution in [0.3, 0.4) is 0 Å². The molecule has 0 spiro atoms. The van der Waals surface area contributed by atoms with E-state index in [1.165, 1.54) is 0 Å². The van der Waals surface area contributed by atoms with Gasteiger partial charge in [0.25, 0.3) is 0 Å². The summed E-state index contributed by atoms with van der Waals surface area (Å²) in [5.41, 5.74) is 2.02. The molecule has 0 saturated carbocycles. The lowest BCUT2D eigenvalue weighted by Crippen LogP contribution is -2.00. The fourth-order valence-electron chi connectivity index (χ4n) is 2.05. The highest BCUT2D eigenvalue weighted by Gasteiger charge is 2.09. The van der Waals surface area contributed by atoms with Gasteiger partial charge in [-0.15, -0.1) is 10.2 Å². The number of aryl methyl sites for hydroxylation is 1. The number of ether oxygens (including phenoxy) is 1. The van der Waals surface area contributed by atoms with Crippen molar-refractivity contribution in [3.8, 4) is 5.75 Å². The van der Waals surface area contributed by atoms with Gasteiger partial charge in [-0.25, -0.2) is 0 Å². The monoisotopic (exact) mass is 362 g/mol. The van der Waals surface area contributed by atoms with Crippen LogP contribution in [0.15, 0.2) is 39.4 Å². The molecule has 6 nitrogen and oxygen atoms in total. The first kappa shape index (κ1) is 14.8. The molecule has 2 heterocycles. The van der Waals surface area contributed by atoms with Crippen LogP contribution in [-0.2, 0) is 13.0 Å². The van der Waals surface area contributed by atoms with Gasteiger partial charge in [0.1, 0.15) is 12.3 Å². The van der Waals surface area contributed by atoms with E-state index in [0.29, 0.717) is 24.7 Å². The van der Waals surface area contributed by atoms with E-state index in [9.17, 15) is 0 Å². The highest BCUT2D eigenvalue weighted by molar-refractivity contribution is 9.10. The Hall–Kier alpha value is -2.15. The minimum absolute atomic E-state index is 0.460. The highest BCUT2D eigenvalue weighted by Crippen LogP contribution is 2.16. The quantitative estimate of drug-likeness (QED) is 0.697. The van der Waals surface area contributed by atoms with Crippen LogP contribution in [0.5, 0.6) is 5.75 Å². The van der Waals surface area contributed by atoms with Crippen molar-refractivity contribution in [3.63, 3.8) is 0 Å². The van der Waals surface area contributed by atoms with E-state index in [4.69, 9.17) is 9.15 Å². The Morgan fingerprint density at radius 1 is 1.18 bits per heavy atom. The van der Waals surface area contributed by atoms with Crippen molar-refractivity contribution >= 4 is 15.9 Å². The summed E-state index contributed by atoms with van der Waals surface area (Å²) in [6.45, 7) is 2.39. The molecule has 0 bridgehead atoms. The third-order valence-electron chi connectivity index (χ3n) is 3.21. The van der Waals surface area contributed by atoms with Gasteiger partial charge in [0, 0.05) is 6.20 Å². The largest absolute Gasteiger partial charge is 0.497 e. The van der Waals surface area contributed by atoms with Gasteiger partial charge in [0.05, 0.1) is 23.7 Å². The second-order valence-electron chi connectivity index (χ2n) is 4.87. The van der Waals surface area contributed by atoms with Crippen molar-refractivity contribution in [2.24, 2.45) is 0 Å². The van der Waals surface area contributed by atoms with E-state index < -0.39 is 0 Å². The Morgan fingerprint density at radius 3 is 2.55 bits per heavy atom. The Labute approximate surface area is 136 Å². The molecule has 0 aliphatic rings. The maximum atomic E-state index is 5.67. The number of methoxy groups -OCH3 is 1. The topological polar surface area (TPSA) is 66.0 Å². The molecule has 0 fully saturated rings. The van der Waals surface area contributed by atoms with Gasteiger partial charge in [-0.05, 0) is 40.5 Å². The van der Waals surface area contributed by atoms with Crippen LogP contribution in [0.1, 0.15) is 23.0 Å². The lowest BCUT2D eigenvalue weighted by atomic mass is 10.1. The van der Waals surface area contributed by atoms with E-state index in [0.717, 1.165) is 21.5 Å². The lowest BCUT2D eigenvalue weighted by Gasteiger charge is -2.00. The lowest BCUT2D eigenvalue weighted by molar-refractivity contribution is 0.414. The molecule has 0 amide bonds. The number of hydrogen-bond donors (Lipinski definition) is 0. The van der Waals surface area contributed by atoms with E-state index in [-0.39, 0.29) is 0 Å². The summed E-state index contributed by atoms with van der Waals surface area (Å²) in [5, 5.41) is 12.5. The van der Waals surface area contributed by atoms with Crippen LogP contribution in [0, 0.1) is 6.92 Å². The molecule has 3 rings (SSSR count). The summed E-state index contributed by atoms with van der Waals surface area (Å²) >= 11 is 3.43. The minimum atomic E-state index is 0.460. The van der Waals surface area contributed by atoms with E-state index in [1.807, 2.05) is 37.4 Å². The Balaban J connectivity index is 1.67. The maximum Gasteiger partial charge on any atom is 0.237 e. The standard InChI is InChI=1S/C15H15BrN4O2/c1-10-13(16)8-20(19-10)9-15-18-17-14(22-15)7-11-3-5-12(21-2)6-4-11/h3-6,8H,7,9H2,1-2H3. The predicted molar refractivity (Wildman–Crippen MR) is 83.9 cm³/mol. The molecule has 0 aliphatic carbocycles. The summed E-state index contributed by atoms with van der Waals surface area (Å²) in [5.74, 6) is 1.95. The van der Waals surface area contributed by atoms with Crippen molar-refractivity contribution in [1.82, 2.24) is 20.0 Å². The number of nitrogens with zero attached hydrogens (tertiary/aromatic N) is 4. The van der Waals surface area contributed by atoms with Gasteiger partial charge >= 0.3 is 0 Å². The number of rotatable bonds is 5. The Kier molecular flexibility index (Phi) is 4.24. The third kappa shape index (κ3) is 3.36. The molecule has 0 atom stereocenters. The molecule has 0 saturated heterocycles. The molecule has 22 heavy (non-hydrogen) atoms. The van der Waals surface area contributed by atoms with Gasteiger partial charge in [-0.2, -0.15) is 5.10 Å². The predicted octanol–water partition coefficient (Wildman–Crippen LogP) is 2.98. The first-order valence-corrected chi connectivity index (χ1v) is 7.57. The summed E-state index contributed by atoms with van der Waals surface area (Å²) in [4.78, 5) is 0. The summed E-state index contributed by atoms with van der Waals surface area (Å²) in [6.07, 6.45) is 2.49. The number of hydrogen-bond acceptors (Lipinski definition) is 5. The zero-order valence-corrected chi connectivity index (χ0v) is 13.9. The van der Waals surface area contributed by atoms with E-state index in [1.54, 1.807) is 11.8 Å². The normalized spacial score (nSPS) is 10.9. The fraction of sp³-hybridized carbons (Fsp3) is 0.267. The number of aromatic nitrogens is 4. The highest BCUT2D eigenvalue weighted by atomic mass is 79.9. The van der Waals surface area contributed by atoms with Crippen LogP contribution in [-0.4, -0.2) is 27.1 Å². The second kappa shape index (κ2) is 6.31. The van der Waals surface area contributed by atoms with Crippen LogP contribution in [0.4, 0.5) is 0 Å². The van der Waals surface area contributed by atoms with Crippen molar-refractivity contribution in [1.29, 1.82) is 0 Å². The van der Waals surface area contributed by atoms with Crippen molar-refractivity contribution in [2.75, 3.05) is 7.11 Å². The minimum Gasteiger partial charge on any atom is -0.497 e. The fourth-order valence-corrected chi connectivity index (χ4v) is 2.37. The zero-order chi connectivity index (χ0) is 15.5. The smallest absolute Gasteiger partial charge is 0.237 e. The van der Waals surface area contributed by atoms with Crippen molar-refractivity contribution < 1.29 is 9.15 Å². The number of benzene rings is 1. The Bertz CT molecular complexity index is 745. The molecule has 0 aliphatic heterocycles. The van der Waals surface area contributed by atoms with E-state index >= 15 is 0 Å². The van der Waals surface area contributed by atoms with Crippen LogP contribution < -0.4 is 4.74 Å². The first-order chi connectivity index (χ1) is 10.6. The SMILES string of the molecule is COc1ccc(Cc2nnc(Cn3cc(Br)c(C)n3)o2)cc1. The Morgan fingerprint density at radius 2 is 1.91 bits per heavy atom. The van der Waals surface area contributed by atoms with Gasteiger partial charge in [0.15, 0.2) is 0 Å². The van der Waals surface area contributed by atoms with Gasteiger partial charge in [-0.1, -0.05) is 12.1 Å². The molecular formula is C15H15BrN4O2. The zero-order valence-electron chi connectivity index (χ0n) is 12.3. The first-order valence-electron chi connectivity index (χ1n) is 6.78. The van der Waals surface area contributed by atoms with E-state index in [2.05, 4.69) is 31.2 Å². The summed E-state index contributed by atoms with van der Waals surface area (Å²) < 4.78 is 13.5. The number of halogens is 1. The van der Waals surface area contributed by atoms with Crippen LogP contribution in [0.2, 0.25) is 0 Å². The molecule has 114 valence electrons. The van der Waals surface area contributed by atoms with Crippen molar-refractivity contribution in [2.45, 2.75) is 19.9 Å². The third-order valence-corrected chi connectivity index (χ3v) is 3.99. The molecule has 1 aromatic carbocycles. The van der Waals surface area contributed by atoms with Crippen molar-refractivity contribution in [3.05, 3.63) is 58.0 Å². The molecule has 0 radical (unpaired) electrons. The molecular weight excluding hydrogens is 348 g/mol. The van der Waals surface area contributed by atoms with Gasteiger partial charge < -0.3 is 9.15 Å². The molecule has 3 aromatic rings. The van der Waals surface area contributed by atoms with Crippen LogP contribution >= 0.6 is 15.9 Å². The molecule has 7 heteroatoms. The maximum absolute atomic E-state index is 5.67. The molecule has 0 N–H and O–H groups in total. The molecule has 2 aromatic heterocycles. The van der Waals surface area contributed by atoms with Crippen LogP contribution in [0.25, 0.3) is 0 Å². The average molecular weight is 363 g/mol. The van der Waals surface area contributed by atoms with Gasteiger partial charge in [0.2, 0.25) is 11.8 Å².